The van der Waals surface area contributed by atoms with Crippen LogP contribution in [0.1, 0.15) is 22.3 Å². The second-order valence-electron chi connectivity index (χ2n) is 5.73. The number of rotatable bonds is 0. The molecule has 3 aromatic rings. The van der Waals surface area contributed by atoms with Gasteiger partial charge in [0, 0.05) is 0 Å². The number of hydrogen-bond acceptors (Lipinski definition) is 0. The van der Waals surface area contributed by atoms with Crippen molar-refractivity contribution in [3.05, 3.63) is 76.9 Å². The van der Waals surface area contributed by atoms with Crippen LogP contribution in [0.5, 0.6) is 0 Å². The molecule has 0 heterocycles. The van der Waals surface area contributed by atoms with Gasteiger partial charge in [0.2, 0.25) is 0 Å². The first kappa shape index (κ1) is 10.4. The van der Waals surface area contributed by atoms with E-state index >= 15 is 0 Å². The lowest BCUT2D eigenvalue weighted by molar-refractivity contribution is 1.24. The van der Waals surface area contributed by atoms with Crippen LogP contribution in [0.25, 0.3) is 28.0 Å². The highest BCUT2D eigenvalue weighted by atomic mass is 14.3. The Labute approximate surface area is 118 Å². The monoisotopic (exact) mass is 254 g/mol. The molecule has 0 spiro atoms. The van der Waals surface area contributed by atoms with E-state index in [1.165, 1.54) is 44.2 Å². The van der Waals surface area contributed by atoms with Crippen molar-refractivity contribution in [3.8, 4) is 11.1 Å². The van der Waals surface area contributed by atoms with E-state index < -0.39 is 0 Å². The predicted octanol–water partition coefficient (Wildman–Crippen LogP) is 4.98. The summed E-state index contributed by atoms with van der Waals surface area (Å²) in [7, 11) is 0. The maximum atomic E-state index is 2.33. The third kappa shape index (κ3) is 1.17. The quantitative estimate of drug-likeness (QED) is 0.415. The molecule has 0 fully saturated rings. The van der Waals surface area contributed by atoms with Crippen LogP contribution >= 0.6 is 0 Å². The van der Waals surface area contributed by atoms with Gasteiger partial charge < -0.3 is 0 Å². The summed E-state index contributed by atoms with van der Waals surface area (Å²) in [5.74, 6) is 0. The molecule has 0 bridgehead atoms. The summed E-state index contributed by atoms with van der Waals surface area (Å²) in [6, 6.07) is 17.8. The maximum absolute atomic E-state index is 2.33. The zero-order chi connectivity index (χ0) is 13.1. The van der Waals surface area contributed by atoms with Crippen LogP contribution in [0.3, 0.4) is 0 Å². The molecule has 0 nitrogen and oxygen atoms in total. The molecule has 3 aromatic carbocycles. The van der Waals surface area contributed by atoms with Crippen LogP contribution < -0.4 is 0 Å². The summed E-state index contributed by atoms with van der Waals surface area (Å²) >= 11 is 0. The third-order valence-corrected chi connectivity index (χ3v) is 4.73. The van der Waals surface area contributed by atoms with E-state index in [0.29, 0.717) is 0 Å². The minimum absolute atomic E-state index is 1.08. The summed E-state index contributed by atoms with van der Waals surface area (Å²) in [5, 5.41) is 2.86. The SMILES string of the molecule is C1=Cc2c3c(c4ccccc4c2C1)-c1ccccc1C3. The molecule has 0 saturated carbocycles. The summed E-state index contributed by atoms with van der Waals surface area (Å²) in [4.78, 5) is 0. The Morgan fingerprint density at radius 3 is 2.50 bits per heavy atom. The molecule has 0 radical (unpaired) electrons. The van der Waals surface area contributed by atoms with E-state index in [0.717, 1.165) is 12.8 Å². The van der Waals surface area contributed by atoms with Crippen LogP contribution in [0, 0.1) is 0 Å². The van der Waals surface area contributed by atoms with Crippen molar-refractivity contribution in [2.75, 3.05) is 0 Å². The largest absolute Gasteiger partial charge is 0.0795 e. The van der Waals surface area contributed by atoms with E-state index in [4.69, 9.17) is 0 Å². The first-order valence-electron chi connectivity index (χ1n) is 7.25. The molecule has 0 heteroatoms. The molecule has 94 valence electrons. The third-order valence-electron chi connectivity index (χ3n) is 4.73. The molecule has 0 atom stereocenters. The molecule has 0 unspecified atom stereocenters. The molecule has 0 saturated heterocycles. The summed E-state index contributed by atoms with van der Waals surface area (Å²) in [6.07, 6.45) is 6.80. The summed E-state index contributed by atoms with van der Waals surface area (Å²) in [5.41, 5.74) is 8.92. The molecule has 0 N–H and O–H groups in total. The molecule has 0 aromatic heterocycles. The van der Waals surface area contributed by atoms with Gasteiger partial charge >= 0.3 is 0 Å². The van der Waals surface area contributed by atoms with Gasteiger partial charge in [-0.05, 0) is 57.0 Å². The standard InChI is InChI=1S/C20H14/c1-2-7-14-13(6-1)12-19-17-11-5-10-15(17)16-8-3-4-9-18(16)20(14)19/h1-9,11H,10,12H2. The minimum Gasteiger partial charge on any atom is -0.0795 e. The van der Waals surface area contributed by atoms with Crippen LogP contribution in [-0.2, 0) is 12.8 Å². The lowest BCUT2D eigenvalue weighted by Crippen LogP contribution is -1.93. The van der Waals surface area contributed by atoms with Gasteiger partial charge in [-0.2, -0.15) is 0 Å². The number of benzene rings is 3. The van der Waals surface area contributed by atoms with Gasteiger partial charge in [-0.3, -0.25) is 0 Å². The van der Waals surface area contributed by atoms with Gasteiger partial charge in [0.1, 0.15) is 0 Å². The van der Waals surface area contributed by atoms with Crippen molar-refractivity contribution in [1.82, 2.24) is 0 Å². The number of fused-ring (bicyclic) bond motifs is 8. The Morgan fingerprint density at radius 1 is 0.750 bits per heavy atom. The molecular formula is C20H14. The van der Waals surface area contributed by atoms with Crippen molar-refractivity contribution in [2.24, 2.45) is 0 Å². The molecule has 0 aliphatic heterocycles. The summed E-state index contributed by atoms with van der Waals surface area (Å²) in [6.45, 7) is 0. The average molecular weight is 254 g/mol. The van der Waals surface area contributed by atoms with Crippen LogP contribution in [0.4, 0.5) is 0 Å². The van der Waals surface area contributed by atoms with Gasteiger partial charge in [0.05, 0.1) is 0 Å². The lowest BCUT2D eigenvalue weighted by Gasteiger charge is -2.13. The molecule has 2 aliphatic rings. The van der Waals surface area contributed by atoms with Crippen LogP contribution in [0.15, 0.2) is 54.6 Å². The van der Waals surface area contributed by atoms with Crippen LogP contribution in [-0.4, -0.2) is 0 Å². The highest BCUT2D eigenvalue weighted by molar-refractivity contribution is 6.05. The highest BCUT2D eigenvalue weighted by Crippen LogP contribution is 2.46. The maximum Gasteiger partial charge on any atom is -0.000717 e. The Kier molecular flexibility index (Phi) is 1.88. The summed E-state index contributed by atoms with van der Waals surface area (Å²) < 4.78 is 0. The van der Waals surface area contributed by atoms with Crippen LogP contribution in [0.2, 0.25) is 0 Å². The molecule has 0 amide bonds. The second kappa shape index (κ2) is 3.61. The van der Waals surface area contributed by atoms with Gasteiger partial charge in [-0.1, -0.05) is 60.7 Å². The fourth-order valence-corrected chi connectivity index (χ4v) is 3.90. The lowest BCUT2D eigenvalue weighted by atomic mass is 9.90. The Hall–Kier alpha value is -2.34. The van der Waals surface area contributed by atoms with Gasteiger partial charge in [-0.15, -0.1) is 0 Å². The van der Waals surface area contributed by atoms with E-state index in [1.54, 1.807) is 0 Å². The molecule has 2 aliphatic carbocycles. The Balaban J connectivity index is 2.02. The smallest absolute Gasteiger partial charge is 0.000717 e. The van der Waals surface area contributed by atoms with E-state index in [-0.39, 0.29) is 0 Å². The average Bonchev–Trinajstić information content (AvgIpc) is 3.12. The highest BCUT2D eigenvalue weighted by Gasteiger charge is 2.26. The normalized spacial score (nSPS) is 14.4. The number of allylic oxidation sites excluding steroid dienone is 1. The van der Waals surface area contributed by atoms with Crippen molar-refractivity contribution >= 4 is 16.8 Å². The van der Waals surface area contributed by atoms with Crippen molar-refractivity contribution in [1.29, 1.82) is 0 Å². The van der Waals surface area contributed by atoms with E-state index in [2.05, 4.69) is 60.7 Å². The van der Waals surface area contributed by atoms with Crippen molar-refractivity contribution in [3.63, 3.8) is 0 Å². The molecule has 5 rings (SSSR count). The van der Waals surface area contributed by atoms with Crippen molar-refractivity contribution < 1.29 is 0 Å². The van der Waals surface area contributed by atoms with E-state index in [9.17, 15) is 0 Å². The fourth-order valence-electron chi connectivity index (χ4n) is 3.90. The zero-order valence-corrected chi connectivity index (χ0v) is 11.2. The first-order chi connectivity index (χ1) is 9.93. The second-order valence-corrected chi connectivity index (χ2v) is 5.73. The predicted molar refractivity (Wildman–Crippen MR) is 84.9 cm³/mol. The fraction of sp³-hybridized carbons (Fsp3) is 0.100. The minimum atomic E-state index is 1.08. The Morgan fingerprint density at radius 2 is 1.55 bits per heavy atom. The van der Waals surface area contributed by atoms with Gasteiger partial charge in [0.25, 0.3) is 0 Å². The van der Waals surface area contributed by atoms with E-state index in [1.807, 2.05) is 0 Å². The Bertz CT molecular complexity index is 897. The molecule has 20 heavy (non-hydrogen) atoms. The molecular weight excluding hydrogens is 240 g/mol. The topological polar surface area (TPSA) is 0 Å². The first-order valence-corrected chi connectivity index (χ1v) is 7.25. The van der Waals surface area contributed by atoms with Gasteiger partial charge in [0.15, 0.2) is 0 Å². The zero-order valence-electron chi connectivity index (χ0n) is 11.2. The number of hydrogen-bond donors (Lipinski definition) is 0. The van der Waals surface area contributed by atoms with Gasteiger partial charge in [-0.25, -0.2) is 0 Å². The van der Waals surface area contributed by atoms with Crippen molar-refractivity contribution in [2.45, 2.75) is 12.8 Å².